The van der Waals surface area contributed by atoms with Gasteiger partial charge in [-0.05, 0) is 44.8 Å². The highest BCUT2D eigenvalue weighted by molar-refractivity contribution is 5.76. The molecule has 1 saturated heterocycles. The second kappa shape index (κ2) is 7.98. The fourth-order valence-corrected chi connectivity index (χ4v) is 3.67. The van der Waals surface area contributed by atoms with E-state index < -0.39 is 0 Å². The standard InChI is InChI=1S/C21H26N4O/c1-24(11-5-9-19-10-6-12-26-19)15-17-13-22-21-20(14-23-25(21)16-17)18-7-3-2-4-8-18/h2-4,7-8,13-14,16,19H,5-6,9-12,15H2,1H3. The molecule has 26 heavy (non-hydrogen) atoms. The zero-order valence-corrected chi connectivity index (χ0v) is 15.3. The SMILES string of the molecule is CN(CCCC1CCCO1)Cc1cnc2c(-c3ccccc3)cnn2c1. The fraction of sp³-hybridized carbons (Fsp3) is 0.429. The number of fused-ring (bicyclic) bond motifs is 1. The highest BCUT2D eigenvalue weighted by Gasteiger charge is 2.15. The predicted octanol–water partition coefficient (Wildman–Crippen LogP) is 3.79. The Bertz CT molecular complexity index is 840. The van der Waals surface area contributed by atoms with Crippen molar-refractivity contribution in [1.29, 1.82) is 0 Å². The Labute approximate surface area is 154 Å². The molecule has 1 aliphatic heterocycles. The molecule has 1 aliphatic rings. The molecule has 5 nitrogen and oxygen atoms in total. The number of benzene rings is 1. The summed E-state index contributed by atoms with van der Waals surface area (Å²) in [6.07, 6.45) is 11.2. The molecule has 2 aromatic heterocycles. The van der Waals surface area contributed by atoms with Gasteiger partial charge >= 0.3 is 0 Å². The first-order valence-corrected chi connectivity index (χ1v) is 9.47. The van der Waals surface area contributed by atoms with Gasteiger partial charge in [0.1, 0.15) is 0 Å². The topological polar surface area (TPSA) is 42.7 Å². The Morgan fingerprint density at radius 1 is 1.23 bits per heavy atom. The van der Waals surface area contributed by atoms with Crippen LogP contribution in [0, 0.1) is 0 Å². The molecular weight excluding hydrogens is 324 g/mol. The summed E-state index contributed by atoms with van der Waals surface area (Å²) in [5, 5.41) is 4.50. The van der Waals surface area contributed by atoms with Gasteiger partial charge in [-0.15, -0.1) is 0 Å². The fourth-order valence-electron chi connectivity index (χ4n) is 3.67. The molecule has 3 heterocycles. The van der Waals surface area contributed by atoms with Gasteiger partial charge in [0.05, 0.1) is 12.3 Å². The highest BCUT2D eigenvalue weighted by Crippen LogP contribution is 2.23. The molecule has 0 bridgehead atoms. The predicted molar refractivity (Wildman–Crippen MR) is 103 cm³/mol. The van der Waals surface area contributed by atoms with Crippen LogP contribution in [-0.2, 0) is 11.3 Å². The van der Waals surface area contributed by atoms with Crippen LogP contribution in [0.4, 0.5) is 0 Å². The summed E-state index contributed by atoms with van der Waals surface area (Å²) in [5.74, 6) is 0. The van der Waals surface area contributed by atoms with Gasteiger partial charge in [-0.3, -0.25) is 0 Å². The molecule has 0 saturated carbocycles. The van der Waals surface area contributed by atoms with Crippen LogP contribution in [0.25, 0.3) is 16.8 Å². The zero-order valence-electron chi connectivity index (χ0n) is 15.3. The van der Waals surface area contributed by atoms with Crippen LogP contribution >= 0.6 is 0 Å². The van der Waals surface area contributed by atoms with Crippen LogP contribution in [0.15, 0.2) is 48.9 Å². The summed E-state index contributed by atoms with van der Waals surface area (Å²) >= 11 is 0. The molecule has 4 rings (SSSR count). The van der Waals surface area contributed by atoms with E-state index in [-0.39, 0.29) is 0 Å². The molecular formula is C21H26N4O. The first kappa shape index (κ1) is 17.2. The van der Waals surface area contributed by atoms with Crippen molar-refractivity contribution in [2.75, 3.05) is 20.2 Å². The van der Waals surface area contributed by atoms with Crippen LogP contribution in [0.5, 0.6) is 0 Å². The van der Waals surface area contributed by atoms with E-state index in [2.05, 4.69) is 40.4 Å². The summed E-state index contributed by atoms with van der Waals surface area (Å²) in [6.45, 7) is 2.91. The number of rotatable bonds is 7. The summed E-state index contributed by atoms with van der Waals surface area (Å²) in [7, 11) is 2.16. The molecule has 1 fully saturated rings. The summed E-state index contributed by atoms with van der Waals surface area (Å²) in [6, 6.07) is 10.3. The van der Waals surface area contributed by atoms with Crippen LogP contribution in [-0.4, -0.2) is 45.8 Å². The maximum Gasteiger partial charge on any atom is 0.162 e. The molecule has 0 N–H and O–H groups in total. The average molecular weight is 350 g/mol. The minimum atomic E-state index is 0.488. The van der Waals surface area contributed by atoms with E-state index in [0.29, 0.717) is 6.10 Å². The lowest BCUT2D eigenvalue weighted by atomic mass is 10.1. The van der Waals surface area contributed by atoms with Gasteiger partial charge in [0.2, 0.25) is 0 Å². The van der Waals surface area contributed by atoms with Crippen molar-refractivity contribution < 1.29 is 4.74 Å². The van der Waals surface area contributed by atoms with Gasteiger partial charge in [0, 0.05) is 36.7 Å². The third-order valence-corrected chi connectivity index (χ3v) is 5.04. The normalized spacial score (nSPS) is 17.4. The largest absolute Gasteiger partial charge is 0.378 e. The van der Waals surface area contributed by atoms with Gasteiger partial charge in [0.15, 0.2) is 5.65 Å². The number of hydrogen-bond donors (Lipinski definition) is 0. The van der Waals surface area contributed by atoms with Crippen molar-refractivity contribution in [1.82, 2.24) is 19.5 Å². The van der Waals surface area contributed by atoms with Crippen LogP contribution in [0.3, 0.4) is 0 Å². The smallest absolute Gasteiger partial charge is 0.162 e. The highest BCUT2D eigenvalue weighted by atomic mass is 16.5. The third kappa shape index (κ3) is 3.94. The van der Waals surface area contributed by atoms with E-state index in [9.17, 15) is 0 Å². The van der Waals surface area contributed by atoms with Crippen LogP contribution in [0.1, 0.15) is 31.2 Å². The molecule has 136 valence electrons. The van der Waals surface area contributed by atoms with Crippen LogP contribution < -0.4 is 0 Å². The molecule has 3 aromatic rings. The van der Waals surface area contributed by atoms with Gasteiger partial charge in [-0.25, -0.2) is 9.50 Å². The van der Waals surface area contributed by atoms with E-state index in [1.165, 1.54) is 31.2 Å². The van der Waals surface area contributed by atoms with E-state index in [0.717, 1.165) is 36.5 Å². The Morgan fingerprint density at radius 2 is 2.12 bits per heavy atom. The second-order valence-corrected chi connectivity index (χ2v) is 7.17. The lowest BCUT2D eigenvalue weighted by molar-refractivity contribution is 0.0995. The van der Waals surface area contributed by atoms with Crippen molar-refractivity contribution in [2.45, 2.75) is 38.3 Å². The first-order chi connectivity index (χ1) is 12.8. The maximum atomic E-state index is 5.70. The van der Waals surface area contributed by atoms with Crippen molar-refractivity contribution in [3.63, 3.8) is 0 Å². The number of aromatic nitrogens is 3. The minimum Gasteiger partial charge on any atom is -0.378 e. The third-order valence-electron chi connectivity index (χ3n) is 5.04. The summed E-state index contributed by atoms with van der Waals surface area (Å²) in [4.78, 5) is 7.01. The number of hydrogen-bond acceptors (Lipinski definition) is 4. The van der Waals surface area contributed by atoms with Crippen molar-refractivity contribution >= 4 is 5.65 Å². The Balaban J connectivity index is 1.38. The van der Waals surface area contributed by atoms with Crippen molar-refractivity contribution in [3.8, 4) is 11.1 Å². The second-order valence-electron chi connectivity index (χ2n) is 7.17. The first-order valence-electron chi connectivity index (χ1n) is 9.47. The monoisotopic (exact) mass is 350 g/mol. The number of ether oxygens (including phenoxy) is 1. The van der Waals surface area contributed by atoms with Gasteiger partial charge in [-0.2, -0.15) is 5.10 Å². The molecule has 5 heteroatoms. The molecule has 1 atom stereocenters. The van der Waals surface area contributed by atoms with Crippen LogP contribution in [0.2, 0.25) is 0 Å². The van der Waals surface area contributed by atoms with Gasteiger partial charge in [0.25, 0.3) is 0 Å². The summed E-state index contributed by atoms with van der Waals surface area (Å²) in [5.41, 5.74) is 4.30. The van der Waals surface area contributed by atoms with E-state index in [1.54, 1.807) is 0 Å². The average Bonchev–Trinajstić information content (AvgIpc) is 3.32. The van der Waals surface area contributed by atoms with Gasteiger partial charge in [-0.1, -0.05) is 30.3 Å². The lowest BCUT2D eigenvalue weighted by Crippen LogP contribution is -2.20. The minimum absolute atomic E-state index is 0.488. The molecule has 1 unspecified atom stereocenters. The molecule has 0 radical (unpaired) electrons. The van der Waals surface area contributed by atoms with Crippen molar-refractivity contribution in [3.05, 3.63) is 54.5 Å². The summed E-state index contributed by atoms with van der Waals surface area (Å²) < 4.78 is 7.59. The van der Waals surface area contributed by atoms with E-state index in [4.69, 9.17) is 4.74 Å². The zero-order chi connectivity index (χ0) is 17.8. The van der Waals surface area contributed by atoms with E-state index >= 15 is 0 Å². The molecule has 0 amide bonds. The number of nitrogens with zero attached hydrogens (tertiary/aromatic N) is 4. The Morgan fingerprint density at radius 3 is 2.92 bits per heavy atom. The lowest BCUT2D eigenvalue weighted by Gasteiger charge is -2.17. The van der Waals surface area contributed by atoms with E-state index in [1.807, 2.05) is 35.1 Å². The maximum absolute atomic E-state index is 5.70. The van der Waals surface area contributed by atoms with Gasteiger partial charge < -0.3 is 9.64 Å². The quantitative estimate of drug-likeness (QED) is 0.650. The Kier molecular flexibility index (Phi) is 5.27. The molecule has 0 spiro atoms. The molecule has 0 aliphatic carbocycles. The molecule has 1 aromatic carbocycles. The Hall–Kier alpha value is -2.24. The van der Waals surface area contributed by atoms with Crippen molar-refractivity contribution in [2.24, 2.45) is 0 Å².